The molecule has 0 radical (unpaired) electrons. The van der Waals surface area contributed by atoms with E-state index in [0.717, 1.165) is 12.8 Å². The van der Waals surface area contributed by atoms with Crippen molar-refractivity contribution in [1.29, 1.82) is 0 Å². The number of carbonyl (C=O) groups excluding carboxylic acids is 1. The van der Waals surface area contributed by atoms with Gasteiger partial charge in [0, 0.05) is 35.7 Å². The lowest BCUT2D eigenvalue weighted by Crippen LogP contribution is -2.38. The number of hydrogen-bond acceptors (Lipinski definition) is 3. The van der Waals surface area contributed by atoms with Gasteiger partial charge in [0.1, 0.15) is 5.56 Å². The average molecular weight is 388 g/mol. The minimum Gasteiger partial charge on any atom is -0.360 e. The first-order valence-electron chi connectivity index (χ1n) is 9.59. The summed E-state index contributed by atoms with van der Waals surface area (Å²) >= 11 is 5.99. The normalized spacial score (nSPS) is 27.3. The highest BCUT2D eigenvalue weighted by molar-refractivity contribution is 6.31. The molecule has 2 aromatic rings. The zero-order valence-corrected chi connectivity index (χ0v) is 16.8. The van der Waals surface area contributed by atoms with E-state index in [1.54, 1.807) is 23.1 Å². The number of fused-ring (bicyclic) bond motifs is 2. The van der Waals surface area contributed by atoms with Crippen molar-refractivity contribution in [1.82, 2.24) is 14.8 Å². The summed E-state index contributed by atoms with van der Waals surface area (Å²) in [6.07, 6.45) is 6.04. The fourth-order valence-corrected chi connectivity index (χ4v) is 5.17. The topological polar surface area (TPSA) is 56.4 Å². The van der Waals surface area contributed by atoms with Gasteiger partial charge >= 0.3 is 0 Å². The molecule has 0 spiro atoms. The van der Waals surface area contributed by atoms with E-state index in [9.17, 15) is 9.59 Å². The standard InChI is InChI=1S/C21H26ClN3O2/c1-24(2)15-6-12-8-16(9-13(12)7-15)25(3)21(27)18-11-23-19-10-14(22)4-5-17(19)20(18)26/h4-5,10-13,15-16H,6-9H2,1-3H3,(H,23,26)/t12-,13+,15?,16?. The van der Waals surface area contributed by atoms with Crippen molar-refractivity contribution >= 4 is 28.4 Å². The van der Waals surface area contributed by atoms with Crippen molar-refractivity contribution in [3.05, 3.63) is 45.2 Å². The van der Waals surface area contributed by atoms with Crippen LogP contribution in [0.25, 0.3) is 10.9 Å². The second-order valence-corrected chi connectivity index (χ2v) is 8.81. The van der Waals surface area contributed by atoms with E-state index < -0.39 is 0 Å². The van der Waals surface area contributed by atoms with Crippen molar-refractivity contribution in [2.75, 3.05) is 21.1 Å². The van der Waals surface area contributed by atoms with E-state index in [1.807, 2.05) is 7.05 Å². The molecule has 27 heavy (non-hydrogen) atoms. The van der Waals surface area contributed by atoms with Crippen LogP contribution in [0.15, 0.2) is 29.2 Å². The fourth-order valence-electron chi connectivity index (χ4n) is 5.00. The van der Waals surface area contributed by atoms with Crippen LogP contribution in [-0.2, 0) is 0 Å². The Morgan fingerprint density at radius 1 is 1.07 bits per heavy atom. The Hall–Kier alpha value is -1.85. The molecular formula is C21H26ClN3O2. The van der Waals surface area contributed by atoms with Crippen molar-refractivity contribution in [3.63, 3.8) is 0 Å². The van der Waals surface area contributed by atoms with Crippen LogP contribution in [0.4, 0.5) is 0 Å². The summed E-state index contributed by atoms with van der Waals surface area (Å²) in [5, 5.41) is 1.05. The number of aromatic amines is 1. The molecule has 4 rings (SSSR count). The van der Waals surface area contributed by atoms with Gasteiger partial charge in [0.2, 0.25) is 5.43 Å². The van der Waals surface area contributed by atoms with Crippen LogP contribution in [0.5, 0.6) is 0 Å². The lowest BCUT2D eigenvalue weighted by molar-refractivity contribution is 0.0725. The van der Waals surface area contributed by atoms with E-state index in [-0.39, 0.29) is 22.9 Å². The quantitative estimate of drug-likeness (QED) is 0.878. The molecule has 5 nitrogen and oxygen atoms in total. The molecule has 2 saturated carbocycles. The second kappa shape index (κ2) is 6.95. The minimum absolute atomic E-state index is 0.192. The van der Waals surface area contributed by atoms with E-state index in [0.29, 0.717) is 33.8 Å². The lowest BCUT2D eigenvalue weighted by atomic mass is 10.0. The summed E-state index contributed by atoms with van der Waals surface area (Å²) in [7, 11) is 6.14. The van der Waals surface area contributed by atoms with Crippen LogP contribution >= 0.6 is 11.6 Å². The highest BCUT2D eigenvalue weighted by Gasteiger charge is 2.44. The zero-order valence-electron chi connectivity index (χ0n) is 16.0. The van der Waals surface area contributed by atoms with Gasteiger partial charge in [-0.05, 0) is 69.8 Å². The highest BCUT2D eigenvalue weighted by Crippen LogP contribution is 2.46. The Bertz CT molecular complexity index is 925. The monoisotopic (exact) mass is 387 g/mol. The predicted octanol–water partition coefficient (Wildman–Crippen LogP) is 3.37. The maximum absolute atomic E-state index is 13.0. The van der Waals surface area contributed by atoms with Gasteiger partial charge < -0.3 is 14.8 Å². The first kappa shape index (κ1) is 18.5. The summed E-state index contributed by atoms with van der Waals surface area (Å²) in [6.45, 7) is 0. The largest absolute Gasteiger partial charge is 0.360 e. The van der Waals surface area contributed by atoms with Crippen molar-refractivity contribution < 1.29 is 4.79 Å². The molecule has 2 fully saturated rings. The molecule has 2 aliphatic rings. The van der Waals surface area contributed by atoms with Crippen LogP contribution in [0.3, 0.4) is 0 Å². The molecule has 144 valence electrons. The number of nitrogens with one attached hydrogen (secondary N) is 1. The second-order valence-electron chi connectivity index (χ2n) is 8.37. The maximum Gasteiger partial charge on any atom is 0.259 e. The predicted molar refractivity (Wildman–Crippen MR) is 108 cm³/mol. The van der Waals surface area contributed by atoms with Gasteiger partial charge in [-0.3, -0.25) is 9.59 Å². The van der Waals surface area contributed by atoms with Gasteiger partial charge in [-0.1, -0.05) is 11.6 Å². The molecule has 1 aromatic carbocycles. The number of amides is 1. The number of rotatable bonds is 3. The molecule has 0 aliphatic heterocycles. The maximum atomic E-state index is 13.0. The van der Waals surface area contributed by atoms with Gasteiger partial charge in [0.25, 0.3) is 5.91 Å². The molecular weight excluding hydrogens is 362 g/mol. The van der Waals surface area contributed by atoms with Crippen molar-refractivity contribution in [2.24, 2.45) is 11.8 Å². The van der Waals surface area contributed by atoms with Crippen molar-refractivity contribution in [2.45, 2.75) is 37.8 Å². The molecule has 1 aromatic heterocycles. The molecule has 1 N–H and O–H groups in total. The third kappa shape index (κ3) is 3.27. The first-order valence-corrected chi connectivity index (χ1v) is 9.97. The van der Waals surface area contributed by atoms with Crippen molar-refractivity contribution in [3.8, 4) is 0 Å². The van der Waals surface area contributed by atoms with Crippen LogP contribution in [0, 0.1) is 11.8 Å². The zero-order chi connectivity index (χ0) is 19.3. The Morgan fingerprint density at radius 3 is 2.33 bits per heavy atom. The summed E-state index contributed by atoms with van der Waals surface area (Å²) in [6, 6.07) is 5.94. The summed E-state index contributed by atoms with van der Waals surface area (Å²) < 4.78 is 0. The molecule has 1 heterocycles. The van der Waals surface area contributed by atoms with Gasteiger partial charge in [0.05, 0.1) is 5.52 Å². The molecule has 0 bridgehead atoms. The van der Waals surface area contributed by atoms with Gasteiger partial charge in [-0.25, -0.2) is 0 Å². The first-order chi connectivity index (χ1) is 12.8. The van der Waals surface area contributed by atoms with Gasteiger partial charge in [0.15, 0.2) is 0 Å². The Labute approximate surface area is 164 Å². The number of pyridine rings is 1. The number of nitrogens with zero attached hydrogens (tertiary/aromatic N) is 2. The van der Waals surface area contributed by atoms with E-state index in [1.165, 1.54) is 19.0 Å². The number of aromatic nitrogens is 1. The number of H-pyrrole nitrogens is 1. The van der Waals surface area contributed by atoms with Crippen LogP contribution in [0.1, 0.15) is 36.0 Å². The SMILES string of the molecule is CN(C)C1C[C@@H]2CC(N(C)C(=O)c3c[nH]c4cc(Cl)ccc4c3=O)C[C@@H]2C1. The Kier molecular flexibility index (Phi) is 4.77. The fraction of sp³-hybridized carbons (Fsp3) is 0.524. The summed E-state index contributed by atoms with van der Waals surface area (Å²) in [5.41, 5.74) is 0.621. The molecule has 6 heteroatoms. The molecule has 0 saturated heterocycles. The smallest absolute Gasteiger partial charge is 0.259 e. The lowest BCUT2D eigenvalue weighted by Gasteiger charge is -2.27. The number of hydrogen-bond donors (Lipinski definition) is 1. The number of benzene rings is 1. The third-order valence-electron chi connectivity index (χ3n) is 6.64. The highest BCUT2D eigenvalue weighted by atomic mass is 35.5. The van der Waals surface area contributed by atoms with Gasteiger partial charge in [-0.2, -0.15) is 0 Å². The van der Waals surface area contributed by atoms with Crippen LogP contribution in [0.2, 0.25) is 5.02 Å². The molecule has 2 aliphatic carbocycles. The number of carbonyl (C=O) groups is 1. The van der Waals surface area contributed by atoms with Gasteiger partial charge in [-0.15, -0.1) is 0 Å². The minimum atomic E-state index is -0.233. The van der Waals surface area contributed by atoms with Crippen LogP contribution < -0.4 is 5.43 Å². The Balaban J connectivity index is 1.52. The van der Waals surface area contributed by atoms with E-state index >= 15 is 0 Å². The van der Waals surface area contributed by atoms with E-state index in [2.05, 4.69) is 24.0 Å². The summed E-state index contributed by atoms with van der Waals surface area (Å²) in [4.78, 5) is 33.0. The summed E-state index contributed by atoms with van der Waals surface area (Å²) in [5.74, 6) is 1.19. The number of halogens is 1. The molecule has 1 amide bonds. The van der Waals surface area contributed by atoms with E-state index in [4.69, 9.17) is 11.6 Å². The molecule has 4 atom stereocenters. The molecule has 2 unspecified atom stereocenters. The van der Waals surface area contributed by atoms with Crippen LogP contribution in [-0.4, -0.2) is 53.9 Å². The Morgan fingerprint density at radius 2 is 1.70 bits per heavy atom. The third-order valence-corrected chi connectivity index (χ3v) is 6.87. The average Bonchev–Trinajstić information content (AvgIpc) is 3.20.